The second-order valence-corrected chi connectivity index (χ2v) is 5.22. The molecular weight excluding hydrogens is 329 g/mol. The smallest absolute Gasteiger partial charge is 0.305 e. The minimum Gasteiger partial charge on any atom is -0.469 e. The maximum absolute atomic E-state index is 13.1. The highest BCUT2D eigenvalue weighted by atomic mass is 79.9. The molecule has 1 N–H and O–H groups in total. The van der Waals surface area contributed by atoms with Gasteiger partial charge in [-0.2, -0.15) is 0 Å². The molecule has 1 amide bonds. The molecule has 0 fully saturated rings. The van der Waals surface area contributed by atoms with Crippen LogP contribution >= 0.6 is 15.9 Å². The lowest BCUT2D eigenvalue weighted by molar-refractivity contribution is -0.140. The van der Waals surface area contributed by atoms with E-state index in [2.05, 4.69) is 26.0 Å². The number of hydrogen-bond acceptors (Lipinski definition) is 3. The summed E-state index contributed by atoms with van der Waals surface area (Å²) in [5.74, 6) is -0.987. The molecular formula is C14H17BrFNO3. The number of methoxy groups -OCH3 is 1. The summed E-state index contributed by atoms with van der Waals surface area (Å²) in [6.45, 7) is 0.494. The average Bonchev–Trinajstić information content (AvgIpc) is 2.40. The molecule has 0 saturated carbocycles. The maximum Gasteiger partial charge on any atom is 0.305 e. The van der Waals surface area contributed by atoms with E-state index >= 15 is 0 Å². The molecule has 0 atom stereocenters. The lowest BCUT2D eigenvalue weighted by Crippen LogP contribution is -2.24. The number of esters is 1. The number of hydrogen-bond donors (Lipinski definition) is 1. The summed E-state index contributed by atoms with van der Waals surface area (Å²) in [6, 6.07) is 4.05. The first-order chi connectivity index (χ1) is 9.52. The van der Waals surface area contributed by atoms with Crippen LogP contribution in [-0.4, -0.2) is 25.5 Å². The molecule has 0 aliphatic heterocycles. The van der Waals surface area contributed by atoms with Crippen LogP contribution in [0.2, 0.25) is 0 Å². The van der Waals surface area contributed by atoms with Crippen LogP contribution in [0.3, 0.4) is 0 Å². The standard InChI is InChI=1S/C14H17BrFNO3/c1-20-13(18)5-3-2-4-6-17-14(19)10-7-11(15)9-12(16)8-10/h7-9H,2-6H2,1H3,(H,17,19). The Labute approximate surface area is 125 Å². The van der Waals surface area contributed by atoms with Crippen LogP contribution in [0.25, 0.3) is 0 Å². The molecule has 20 heavy (non-hydrogen) atoms. The Morgan fingerprint density at radius 1 is 1.25 bits per heavy atom. The Bertz CT molecular complexity index is 459. The highest BCUT2D eigenvalue weighted by molar-refractivity contribution is 9.10. The zero-order valence-electron chi connectivity index (χ0n) is 11.2. The van der Waals surface area contributed by atoms with Crippen molar-refractivity contribution in [2.24, 2.45) is 0 Å². The van der Waals surface area contributed by atoms with Crippen molar-refractivity contribution < 1.29 is 18.7 Å². The molecule has 0 saturated heterocycles. The molecule has 0 aromatic heterocycles. The van der Waals surface area contributed by atoms with Crippen LogP contribution in [0.15, 0.2) is 22.7 Å². The highest BCUT2D eigenvalue weighted by Gasteiger charge is 2.07. The zero-order chi connectivity index (χ0) is 15.0. The summed E-state index contributed by atoms with van der Waals surface area (Å²) in [6.07, 6.45) is 2.71. The molecule has 6 heteroatoms. The quantitative estimate of drug-likeness (QED) is 0.610. The Morgan fingerprint density at radius 3 is 2.65 bits per heavy atom. The fourth-order valence-corrected chi connectivity index (χ4v) is 2.13. The SMILES string of the molecule is COC(=O)CCCCCNC(=O)c1cc(F)cc(Br)c1. The van der Waals surface area contributed by atoms with Crippen LogP contribution in [-0.2, 0) is 9.53 Å². The van der Waals surface area contributed by atoms with Crippen molar-refractivity contribution in [2.75, 3.05) is 13.7 Å². The van der Waals surface area contributed by atoms with Crippen LogP contribution in [0.4, 0.5) is 4.39 Å². The van der Waals surface area contributed by atoms with Crippen LogP contribution in [0.1, 0.15) is 36.0 Å². The Hall–Kier alpha value is -1.43. The number of carbonyl (C=O) groups excluding carboxylic acids is 2. The Balaban J connectivity index is 2.25. The topological polar surface area (TPSA) is 55.4 Å². The van der Waals surface area contributed by atoms with Gasteiger partial charge in [0.2, 0.25) is 0 Å². The molecule has 1 aromatic rings. The van der Waals surface area contributed by atoms with E-state index in [0.29, 0.717) is 17.4 Å². The number of unbranched alkanes of at least 4 members (excludes halogenated alkanes) is 2. The molecule has 0 spiro atoms. The summed E-state index contributed by atoms with van der Waals surface area (Å²) in [5.41, 5.74) is 0.284. The molecule has 0 aliphatic carbocycles. The van der Waals surface area contributed by atoms with Gasteiger partial charge < -0.3 is 10.1 Å². The molecule has 110 valence electrons. The van der Waals surface area contributed by atoms with E-state index in [1.165, 1.54) is 19.2 Å². The molecule has 4 nitrogen and oxygen atoms in total. The number of rotatable bonds is 7. The van der Waals surface area contributed by atoms with Gasteiger partial charge in [0, 0.05) is 23.0 Å². The van der Waals surface area contributed by atoms with Gasteiger partial charge in [0.25, 0.3) is 5.91 Å². The van der Waals surface area contributed by atoms with E-state index in [0.717, 1.165) is 19.3 Å². The normalized spacial score (nSPS) is 10.2. The highest BCUT2D eigenvalue weighted by Crippen LogP contribution is 2.14. The second-order valence-electron chi connectivity index (χ2n) is 4.30. The number of amides is 1. The summed E-state index contributed by atoms with van der Waals surface area (Å²) in [5, 5.41) is 2.71. The molecule has 0 aliphatic rings. The third-order valence-electron chi connectivity index (χ3n) is 2.70. The van der Waals surface area contributed by atoms with Gasteiger partial charge in [-0.3, -0.25) is 9.59 Å². The zero-order valence-corrected chi connectivity index (χ0v) is 12.8. The van der Waals surface area contributed by atoms with E-state index in [1.807, 2.05) is 0 Å². The fraction of sp³-hybridized carbons (Fsp3) is 0.429. The predicted molar refractivity (Wildman–Crippen MR) is 76.9 cm³/mol. The van der Waals surface area contributed by atoms with Gasteiger partial charge in [0.05, 0.1) is 7.11 Å². The van der Waals surface area contributed by atoms with Gasteiger partial charge in [-0.05, 0) is 31.0 Å². The van der Waals surface area contributed by atoms with E-state index in [4.69, 9.17) is 0 Å². The van der Waals surface area contributed by atoms with E-state index in [-0.39, 0.29) is 17.4 Å². The summed E-state index contributed by atoms with van der Waals surface area (Å²) >= 11 is 3.14. The van der Waals surface area contributed by atoms with Gasteiger partial charge >= 0.3 is 5.97 Å². The third kappa shape index (κ3) is 6.14. The number of halogens is 2. The average molecular weight is 346 g/mol. The van der Waals surface area contributed by atoms with Crippen molar-refractivity contribution in [1.29, 1.82) is 0 Å². The molecule has 0 bridgehead atoms. The minimum absolute atomic E-state index is 0.223. The van der Waals surface area contributed by atoms with Crippen molar-refractivity contribution >= 4 is 27.8 Å². The Morgan fingerprint density at radius 2 is 2.00 bits per heavy atom. The van der Waals surface area contributed by atoms with Gasteiger partial charge in [0.15, 0.2) is 0 Å². The summed E-state index contributed by atoms with van der Waals surface area (Å²) in [4.78, 5) is 22.6. The molecule has 0 unspecified atom stereocenters. The van der Waals surface area contributed by atoms with E-state index < -0.39 is 5.82 Å². The largest absolute Gasteiger partial charge is 0.469 e. The van der Waals surface area contributed by atoms with E-state index in [1.54, 1.807) is 6.07 Å². The van der Waals surface area contributed by atoms with Crippen LogP contribution < -0.4 is 5.32 Å². The molecule has 0 radical (unpaired) electrons. The number of nitrogens with one attached hydrogen (secondary N) is 1. The van der Waals surface area contributed by atoms with Crippen LogP contribution in [0.5, 0.6) is 0 Å². The van der Waals surface area contributed by atoms with Gasteiger partial charge in [-0.25, -0.2) is 4.39 Å². The number of ether oxygens (including phenoxy) is 1. The maximum atomic E-state index is 13.1. The first kappa shape index (κ1) is 16.6. The van der Waals surface area contributed by atoms with Crippen molar-refractivity contribution in [3.8, 4) is 0 Å². The predicted octanol–water partition coefficient (Wildman–Crippen LogP) is 3.05. The molecule has 0 heterocycles. The number of benzene rings is 1. The summed E-state index contributed by atoms with van der Waals surface area (Å²) < 4.78 is 18.2. The van der Waals surface area contributed by atoms with Crippen molar-refractivity contribution in [1.82, 2.24) is 5.32 Å². The van der Waals surface area contributed by atoms with Crippen molar-refractivity contribution in [2.45, 2.75) is 25.7 Å². The van der Waals surface area contributed by atoms with Crippen LogP contribution in [0, 0.1) is 5.82 Å². The van der Waals surface area contributed by atoms with Crippen molar-refractivity contribution in [3.63, 3.8) is 0 Å². The minimum atomic E-state index is -0.456. The number of carbonyl (C=O) groups is 2. The molecule has 1 rings (SSSR count). The lowest BCUT2D eigenvalue weighted by atomic mass is 10.2. The fourth-order valence-electron chi connectivity index (χ4n) is 1.66. The Kier molecular flexibility index (Phi) is 7.22. The van der Waals surface area contributed by atoms with Crippen molar-refractivity contribution in [3.05, 3.63) is 34.1 Å². The second kappa shape index (κ2) is 8.68. The van der Waals surface area contributed by atoms with Gasteiger partial charge in [-0.15, -0.1) is 0 Å². The third-order valence-corrected chi connectivity index (χ3v) is 3.15. The first-order valence-electron chi connectivity index (χ1n) is 6.34. The lowest BCUT2D eigenvalue weighted by Gasteiger charge is -2.06. The first-order valence-corrected chi connectivity index (χ1v) is 7.13. The molecule has 1 aromatic carbocycles. The van der Waals surface area contributed by atoms with Gasteiger partial charge in [0.1, 0.15) is 5.82 Å². The van der Waals surface area contributed by atoms with E-state index in [9.17, 15) is 14.0 Å². The monoisotopic (exact) mass is 345 g/mol. The summed E-state index contributed by atoms with van der Waals surface area (Å²) in [7, 11) is 1.36. The van der Waals surface area contributed by atoms with Gasteiger partial charge in [-0.1, -0.05) is 22.4 Å².